The molecule has 0 aromatic heterocycles. The number of rotatable bonds is 58. The van der Waals surface area contributed by atoms with Crippen LogP contribution in [0.3, 0.4) is 0 Å². The van der Waals surface area contributed by atoms with Crippen molar-refractivity contribution in [2.75, 3.05) is 26.4 Å². The molecule has 0 amide bonds. The van der Waals surface area contributed by atoms with Crippen LogP contribution in [0.5, 0.6) is 0 Å². The number of hydrogen-bond donors (Lipinski definition) is 2. The number of carbonyl (C=O) groups excluding carboxylic acids is 2. The summed E-state index contributed by atoms with van der Waals surface area (Å²) in [5, 5.41) is 0. The maximum absolute atomic E-state index is 12.7. The van der Waals surface area contributed by atoms with E-state index < -0.39 is 26.5 Å². The van der Waals surface area contributed by atoms with Crippen molar-refractivity contribution in [1.29, 1.82) is 0 Å². The van der Waals surface area contributed by atoms with Gasteiger partial charge >= 0.3 is 19.8 Å². The average molecular weight is 1020 g/mol. The molecule has 0 saturated carbocycles. The van der Waals surface area contributed by atoms with Gasteiger partial charge in [-0.15, -0.1) is 0 Å². The molecule has 0 rings (SSSR count). The highest BCUT2D eigenvalue weighted by Gasteiger charge is 2.26. The second kappa shape index (κ2) is 57.5. The van der Waals surface area contributed by atoms with E-state index in [0.29, 0.717) is 6.42 Å². The number of phosphoric acid groups is 1. The molecule has 71 heavy (non-hydrogen) atoms. The summed E-state index contributed by atoms with van der Waals surface area (Å²) in [7, 11) is -4.39. The van der Waals surface area contributed by atoms with E-state index in [2.05, 4.69) is 50.3 Å². The van der Waals surface area contributed by atoms with Crippen molar-refractivity contribution >= 4 is 19.8 Å². The van der Waals surface area contributed by atoms with E-state index in [1.54, 1.807) is 0 Å². The number of phosphoric ester groups is 1. The van der Waals surface area contributed by atoms with E-state index in [9.17, 15) is 19.0 Å². The molecule has 0 bridgehead atoms. The number of hydrogen-bond acceptors (Lipinski definition) is 8. The van der Waals surface area contributed by atoms with E-state index in [-0.39, 0.29) is 38.6 Å². The first kappa shape index (κ1) is 69.2. The molecular formula is C61H116NO8P. The van der Waals surface area contributed by atoms with E-state index in [1.165, 1.54) is 218 Å². The Hall–Kier alpha value is -1.77. The molecule has 0 spiro atoms. The molecule has 2 atom stereocenters. The first-order chi connectivity index (χ1) is 34.8. The van der Waals surface area contributed by atoms with Gasteiger partial charge in [0.2, 0.25) is 0 Å². The van der Waals surface area contributed by atoms with E-state index in [4.69, 9.17) is 24.3 Å². The molecule has 0 fully saturated rings. The van der Waals surface area contributed by atoms with Crippen LogP contribution in [0.4, 0.5) is 0 Å². The number of nitrogens with two attached hydrogens (primary N) is 1. The molecule has 0 saturated heterocycles. The third-order valence-corrected chi connectivity index (χ3v) is 14.5. The maximum Gasteiger partial charge on any atom is 0.472 e. The summed E-state index contributed by atoms with van der Waals surface area (Å²) in [6, 6.07) is 0. The SMILES string of the molecule is CCCCCCC/C=C\C/C=C\C/C=C\CCCCCCCCCCC(=O)OC(COC(=O)CCCCCCCCCCCCCCCCCCCCCCCCCCCCC)COP(=O)(O)OCCN. The number of esters is 2. The Morgan fingerprint density at radius 2 is 0.732 bits per heavy atom. The lowest BCUT2D eigenvalue weighted by molar-refractivity contribution is -0.161. The van der Waals surface area contributed by atoms with Crippen molar-refractivity contribution in [3.63, 3.8) is 0 Å². The molecule has 9 nitrogen and oxygen atoms in total. The van der Waals surface area contributed by atoms with E-state index >= 15 is 0 Å². The predicted molar refractivity (Wildman–Crippen MR) is 303 cm³/mol. The van der Waals surface area contributed by atoms with Gasteiger partial charge in [-0.05, 0) is 51.4 Å². The summed E-state index contributed by atoms with van der Waals surface area (Å²) >= 11 is 0. The zero-order valence-corrected chi connectivity index (χ0v) is 47.6. The Balaban J connectivity index is 3.92. The van der Waals surface area contributed by atoms with Crippen LogP contribution in [0.2, 0.25) is 0 Å². The summed E-state index contributed by atoms with van der Waals surface area (Å²) < 4.78 is 33.1. The Bertz CT molecular complexity index is 1260. The minimum atomic E-state index is -4.39. The normalized spacial score (nSPS) is 13.2. The highest BCUT2D eigenvalue weighted by Crippen LogP contribution is 2.43. The Kier molecular flexibility index (Phi) is 56.1. The lowest BCUT2D eigenvalue weighted by Gasteiger charge is -2.19. The van der Waals surface area contributed by atoms with Gasteiger partial charge < -0.3 is 20.1 Å². The summed E-state index contributed by atoms with van der Waals surface area (Å²) in [4.78, 5) is 35.2. The smallest absolute Gasteiger partial charge is 0.462 e. The minimum absolute atomic E-state index is 0.0531. The maximum atomic E-state index is 12.7. The van der Waals surface area contributed by atoms with Crippen LogP contribution in [0.15, 0.2) is 36.5 Å². The Morgan fingerprint density at radius 1 is 0.423 bits per heavy atom. The number of ether oxygens (including phenoxy) is 2. The van der Waals surface area contributed by atoms with Crippen LogP contribution in [-0.2, 0) is 32.7 Å². The van der Waals surface area contributed by atoms with Gasteiger partial charge in [0.25, 0.3) is 0 Å². The van der Waals surface area contributed by atoms with E-state index in [1.807, 2.05) is 0 Å². The van der Waals surface area contributed by atoms with Gasteiger partial charge in [0.15, 0.2) is 6.10 Å². The third-order valence-electron chi connectivity index (χ3n) is 13.5. The monoisotopic (exact) mass is 1020 g/mol. The molecule has 418 valence electrons. The zero-order valence-electron chi connectivity index (χ0n) is 46.7. The van der Waals surface area contributed by atoms with E-state index in [0.717, 1.165) is 57.8 Å². The van der Waals surface area contributed by atoms with Crippen LogP contribution >= 0.6 is 7.82 Å². The molecule has 0 radical (unpaired) electrons. The standard InChI is InChI=1S/C61H116NO8P/c1-3-5-7-9-11-13-15-17-19-21-23-25-27-28-29-30-32-33-35-37-39-41-43-45-47-49-51-53-60(63)67-57-59(58-69-71(65,66)68-56-55-62)70-61(64)54-52-50-48-46-44-42-40-38-36-34-31-26-24-22-20-18-16-14-12-10-8-6-4-2/h16,18,22,24,31,34,59H,3-15,17,19-21,23,25-30,32-33,35-58,62H2,1-2H3,(H,65,66)/b18-16-,24-22-,34-31-. The van der Waals surface area contributed by atoms with Crippen molar-refractivity contribution in [3.05, 3.63) is 36.5 Å². The second-order valence-corrected chi connectivity index (χ2v) is 22.0. The quantitative estimate of drug-likeness (QED) is 0.0264. The van der Waals surface area contributed by atoms with Gasteiger partial charge in [-0.1, -0.05) is 281 Å². The van der Waals surface area contributed by atoms with Crippen LogP contribution in [0.25, 0.3) is 0 Å². The van der Waals surface area contributed by atoms with Gasteiger partial charge in [-0.2, -0.15) is 0 Å². The highest BCUT2D eigenvalue weighted by atomic mass is 31.2. The topological polar surface area (TPSA) is 134 Å². The lowest BCUT2D eigenvalue weighted by Crippen LogP contribution is -2.29. The average Bonchev–Trinajstić information content (AvgIpc) is 3.36. The van der Waals surface area contributed by atoms with Crippen molar-refractivity contribution in [2.24, 2.45) is 5.73 Å². The third kappa shape index (κ3) is 57.4. The van der Waals surface area contributed by atoms with Crippen LogP contribution in [0.1, 0.15) is 309 Å². The summed E-state index contributed by atoms with van der Waals surface area (Å²) in [5.41, 5.74) is 5.39. The number of carbonyl (C=O) groups is 2. The van der Waals surface area contributed by atoms with Crippen molar-refractivity contribution in [3.8, 4) is 0 Å². The summed E-state index contributed by atoms with van der Waals surface area (Å²) in [5.74, 6) is -0.821. The fourth-order valence-corrected chi connectivity index (χ4v) is 9.76. The summed E-state index contributed by atoms with van der Waals surface area (Å²) in [6.45, 7) is 3.78. The highest BCUT2D eigenvalue weighted by molar-refractivity contribution is 7.47. The Labute approximate surface area is 439 Å². The molecule has 0 aliphatic carbocycles. The summed E-state index contributed by atoms with van der Waals surface area (Å²) in [6.07, 6.45) is 69.2. The van der Waals surface area contributed by atoms with Crippen molar-refractivity contribution in [2.45, 2.75) is 315 Å². The van der Waals surface area contributed by atoms with Gasteiger partial charge in [-0.25, -0.2) is 4.57 Å². The number of unbranched alkanes of at least 4 members (excludes halogenated alkanes) is 39. The van der Waals surface area contributed by atoms with Crippen molar-refractivity contribution in [1.82, 2.24) is 0 Å². The lowest BCUT2D eigenvalue weighted by atomic mass is 10.0. The predicted octanol–water partition coefficient (Wildman–Crippen LogP) is 19.2. The van der Waals surface area contributed by atoms with Crippen molar-refractivity contribution < 1.29 is 37.6 Å². The largest absolute Gasteiger partial charge is 0.472 e. The van der Waals surface area contributed by atoms with Crippen LogP contribution in [0, 0.1) is 0 Å². The van der Waals surface area contributed by atoms with Gasteiger partial charge in [-0.3, -0.25) is 18.6 Å². The molecule has 0 aromatic carbocycles. The molecule has 10 heteroatoms. The van der Waals surface area contributed by atoms with Crippen LogP contribution in [-0.4, -0.2) is 49.3 Å². The first-order valence-electron chi connectivity index (χ1n) is 30.5. The molecule has 0 heterocycles. The molecular weight excluding hydrogens is 906 g/mol. The fourth-order valence-electron chi connectivity index (χ4n) is 9.00. The molecule has 0 aliphatic heterocycles. The molecule has 0 aromatic rings. The molecule has 2 unspecified atom stereocenters. The van der Waals surface area contributed by atoms with Crippen LogP contribution < -0.4 is 5.73 Å². The minimum Gasteiger partial charge on any atom is -0.462 e. The fraction of sp³-hybridized carbons (Fsp3) is 0.869. The molecule has 3 N–H and O–H groups in total. The van der Waals surface area contributed by atoms with Gasteiger partial charge in [0.05, 0.1) is 13.2 Å². The number of allylic oxidation sites excluding steroid dienone is 6. The van der Waals surface area contributed by atoms with Gasteiger partial charge in [0, 0.05) is 19.4 Å². The first-order valence-corrected chi connectivity index (χ1v) is 32.0. The van der Waals surface area contributed by atoms with Gasteiger partial charge in [0.1, 0.15) is 6.61 Å². The zero-order chi connectivity index (χ0) is 51.7. The second-order valence-electron chi connectivity index (χ2n) is 20.6. The Morgan fingerprint density at radius 3 is 1.08 bits per heavy atom. The molecule has 0 aliphatic rings.